The van der Waals surface area contributed by atoms with E-state index in [1.165, 1.54) is 30.1 Å². The predicted octanol–water partition coefficient (Wildman–Crippen LogP) is 3.06. The van der Waals surface area contributed by atoms with Crippen LogP contribution in [0.2, 0.25) is 0 Å². The topological polar surface area (TPSA) is 247 Å². The van der Waals surface area contributed by atoms with Crippen LogP contribution in [0.25, 0.3) is 0 Å². The third-order valence-electron chi connectivity index (χ3n) is 16.4. The molecule has 0 radical (unpaired) electrons. The second-order valence-electron chi connectivity index (χ2n) is 22.1. The molecule has 4 saturated heterocycles. The highest BCUT2D eigenvalue weighted by Crippen LogP contribution is 2.44. The molecule has 1 aromatic rings. The number of likely N-dealkylation sites (tertiary alicyclic amines) is 1. The Hall–Kier alpha value is -2.57. The molecule has 18 atom stereocenters. The number of aliphatic hydroxyl groups excluding tert-OH is 2. The van der Waals surface area contributed by atoms with Crippen LogP contribution in [0.15, 0.2) is 30.3 Å². The molecule has 4 aliphatic rings. The molecule has 408 valence electrons. The molecule has 4 aliphatic heterocycles. The maximum atomic E-state index is 14.6. The number of likely N-dealkylation sites (N-methyl/N-ethyl adjacent to an activating group) is 1. The van der Waals surface area contributed by atoms with Crippen molar-refractivity contribution in [3.05, 3.63) is 30.3 Å². The number of sulfone groups is 1. The summed E-state index contributed by atoms with van der Waals surface area (Å²) in [6.45, 7) is 18.4. The van der Waals surface area contributed by atoms with E-state index in [2.05, 4.69) is 5.32 Å². The number of hydrogen-bond donors (Lipinski definition) is 6. The Bertz CT molecular complexity index is 2010. The fourth-order valence-corrected chi connectivity index (χ4v) is 12.6. The van der Waals surface area contributed by atoms with Gasteiger partial charge in [-0.2, -0.15) is 0 Å². The first-order valence-electron chi connectivity index (χ1n) is 25.5. The summed E-state index contributed by atoms with van der Waals surface area (Å²) >= 11 is 0. The van der Waals surface area contributed by atoms with Crippen LogP contribution in [0.4, 0.5) is 10.5 Å². The van der Waals surface area contributed by atoms with E-state index in [0.717, 1.165) is 0 Å². The van der Waals surface area contributed by atoms with Gasteiger partial charge in [0.2, 0.25) is 0 Å². The van der Waals surface area contributed by atoms with Gasteiger partial charge >= 0.3 is 12.0 Å². The molecule has 0 aromatic heterocycles. The highest BCUT2D eigenvalue weighted by atomic mass is 32.2. The first-order chi connectivity index (χ1) is 32.9. The SMILES string of the molecule is CC[C@H]1OC(=O)[C@H](C)[C@@H](O[C@H]2C[C@@](C)(OC)[C@](O)(CN3CCC(S(C)(=O)=O)CC3)[C@H](C)O2)[C@H](C)[C@@H](O[C@@H]2O[C@H](C)C[C@H](N(C)C(=O)N(C)c3ccccc3)[C@H]2O)[C@](C)(O)C[C@@H](C)CN[C@H](C)[C@@H](O)[C@]1(C)O. The number of benzene rings is 1. The van der Waals surface area contributed by atoms with Gasteiger partial charge in [0.05, 0.1) is 47.2 Å². The van der Waals surface area contributed by atoms with Crippen LogP contribution in [0.1, 0.15) is 108 Å². The second-order valence-corrected chi connectivity index (χ2v) is 24.5. The average Bonchev–Trinajstić information content (AvgIpc) is 3.31. The molecule has 19 nitrogen and oxygen atoms in total. The van der Waals surface area contributed by atoms with Crippen molar-refractivity contribution in [1.29, 1.82) is 0 Å². The minimum Gasteiger partial charge on any atom is -0.459 e. The van der Waals surface area contributed by atoms with Gasteiger partial charge < -0.3 is 69.1 Å². The molecule has 6 N–H and O–H groups in total. The number of piperidine rings is 1. The summed E-state index contributed by atoms with van der Waals surface area (Å²) in [5.41, 5.74) is -5.88. The van der Waals surface area contributed by atoms with E-state index >= 15 is 0 Å². The number of para-hydroxylation sites is 1. The zero-order chi connectivity index (χ0) is 53.2. The van der Waals surface area contributed by atoms with E-state index in [-0.39, 0.29) is 44.2 Å². The Balaban J connectivity index is 1.53. The second kappa shape index (κ2) is 23.5. The van der Waals surface area contributed by atoms with Crippen molar-refractivity contribution < 1.29 is 72.0 Å². The molecule has 0 bridgehead atoms. The quantitative estimate of drug-likeness (QED) is 0.174. The van der Waals surface area contributed by atoms with E-state index in [1.807, 2.05) is 49.1 Å². The molecule has 1 aromatic carbocycles. The minimum atomic E-state index is -3.23. The molecule has 4 fully saturated rings. The number of amides is 2. The fraction of sp³-hybridized carbons (Fsp3) is 0.843. The van der Waals surface area contributed by atoms with Gasteiger partial charge in [0.15, 0.2) is 12.6 Å². The van der Waals surface area contributed by atoms with Gasteiger partial charge in [-0.15, -0.1) is 0 Å². The average molecular weight is 1030 g/mol. The lowest BCUT2D eigenvalue weighted by Gasteiger charge is -2.55. The Morgan fingerprint density at radius 1 is 0.944 bits per heavy atom. The molecule has 20 heteroatoms. The summed E-state index contributed by atoms with van der Waals surface area (Å²) < 4.78 is 63.7. The Labute approximate surface area is 422 Å². The number of nitrogens with zero attached hydrogens (tertiary/aromatic N) is 3. The number of rotatable bonds is 11. The number of nitrogens with one attached hydrogen (secondary N) is 1. The summed E-state index contributed by atoms with van der Waals surface area (Å²) in [4.78, 5) is 33.5. The van der Waals surface area contributed by atoms with E-state index < -0.39 is 123 Å². The van der Waals surface area contributed by atoms with Crippen molar-refractivity contribution >= 4 is 27.5 Å². The largest absolute Gasteiger partial charge is 0.459 e. The molecular formula is C51H88N4O15S. The maximum absolute atomic E-state index is 14.6. The number of carbonyl (C=O) groups is 2. The molecule has 0 aliphatic carbocycles. The maximum Gasteiger partial charge on any atom is 0.324 e. The van der Waals surface area contributed by atoms with Crippen LogP contribution >= 0.6 is 0 Å². The normalized spacial score (nSPS) is 42.1. The summed E-state index contributed by atoms with van der Waals surface area (Å²) in [5, 5.41) is 63.8. The van der Waals surface area contributed by atoms with Gasteiger partial charge in [0.25, 0.3) is 0 Å². The number of esters is 1. The fourth-order valence-electron chi connectivity index (χ4n) is 11.6. The van der Waals surface area contributed by atoms with Gasteiger partial charge in [-0.25, -0.2) is 13.2 Å². The summed E-state index contributed by atoms with van der Waals surface area (Å²) in [6.07, 6.45) is -7.73. The van der Waals surface area contributed by atoms with Crippen LogP contribution in [-0.2, 0) is 43.1 Å². The van der Waals surface area contributed by atoms with E-state index in [4.69, 9.17) is 28.4 Å². The Kier molecular flexibility index (Phi) is 19.7. The molecule has 5 rings (SSSR count). The van der Waals surface area contributed by atoms with Crippen LogP contribution in [0.3, 0.4) is 0 Å². The minimum absolute atomic E-state index is 0.0302. The third-order valence-corrected chi connectivity index (χ3v) is 18.0. The van der Waals surface area contributed by atoms with Crippen molar-refractivity contribution in [3.8, 4) is 0 Å². The molecule has 2 amide bonds. The van der Waals surface area contributed by atoms with Crippen molar-refractivity contribution in [2.24, 2.45) is 17.8 Å². The zero-order valence-corrected chi connectivity index (χ0v) is 45.5. The molecule has 0 saturated carbocycles. The van der Waals surface area contributed by atoms with Crippen molar-refractivity contribution in [3.63, 3.8) is 0 Å². The number of ether oxygens (including phenoxy) is 6. The van der Waals surface area contributed by atoms with Gasteiger partial charge in [0.1, 0.15) is 45.0 Å². The van der Waals surface area contributed by atoms with Crippen LogP contribution in [0.5, 0.6) is 0 Å². The number of cyclic esters (lactones) is 1. The third kappa shape index (κ3) is 13.3. The van der Waals surface area contributed by atoms with Crippen LogP contribution in [-0.4, -0.2) is 204 Å². The van der Waals surface area contributed by atoms with E-state index in [9.17, 15) is 43.5 Å². The number of urea groups is 1. The van der Waals surface area contributed by atoms with Gasteiger partial charge in [0, 0.05) is 58.1 Å². The summed E-state index contributed by atoms with van der Waals surface area (Å²) in [6, 6.07) is 7.30. The number of aliphatic hydroxyl groups is 5. The Morgan fingerprint density at radius 2 is 1.56 bits per heavy atom. The van der Waals surface area contributed by atoms with E-state index in [0.29, 0.717) is 38.2 Å². The molecule has 0 unspecified atom stereocenters. The number of β-amino-alcohol motifs (C(OH)–C–C–N with tert-alkyl or cyclic N) is 1. The van der Waals surface area contributed by atoms with Crippen LogP contribution in [0, 0.1) is 17.8 Å². The zero-order valence-electron chi connectivity index (χ0n) is 44.7. The van der Waals surface area contributed by atoms with Gasteiger partial charge in [-0.05, 0) is 118 Å². The lowest BCUT2D eigenvalue weighted by molar-refractivity contribution is -0.339. The number of carbonyl (C=O) groups excluding carboxylic acids is 2. The molecular weight excluding hydrogens is 941 g/mol. The van der Waals surface area contributed by atoms with Crippen molar-refractivity contribution in [2.75, 3.05) is 58.5 Å². The lowest BCUT2D eigenvalue weighted by Crippen LogP contribution is -2.70. The number of methoxy groups -OCH3 is 1. The lowest BCUT2D eigenvalue weighted by atomic mass is 9.74. The molecule has 71 heavy (non-hydrogen) atoms. The molecule has 4 heterocycles. The van der Waals surface area contributed by atoms with Crippen molar-refractivity contribution in [2.45, 2.75) is 203 Å². The Morgan fingerprint density at radius 3 is 2.14 bits per heavy atom. The van der Waals surface area contributed by atoms with Gasteiger partial charge in [-0.1, -0.05) is 39.0 Å². The standard InChI is InChI=1S/C51H88N4O15S/c1-15-39-50(10,61)43(57)34(6)52-28-30(2)26-48(8,60)44(70-46-41(56)38(25-31(3)66-46)54(12)47(59)53(11)36-19-17-16-18-20-36)32(4)42(33(5)45(58)68-39)69-40-27-49(9,65-13)51(62,35(7)67-40)29-55-23-21-37(22-24-55)71(14,63)64/h16-20,30-35,37-44,46,52,56-57,60-62H,15,21-29H2,1-14H3/t30-,31-,32+,33-,34-,35+,38+,39-,40+,41-,42+,43-,44-,46+,48-,49-,50-,51+/m1/s1. The molecule has 0 spiro atoms. The highest BCUT2D eigenvalue weighted by Gasteiger charge is 2.59. The van der Waals surface area contributed by atoms with Crippen molar-refractivity contribution in [1.82, 2.24) is 15.1 Å². The number of anilines is 1. The van der Waals surface area contributed by atoms with E-state index in [1.54, 1.807) is 62.6 Å². The predicted molar refractivity (Wildman–Crippen MR) is 267 cm³/mol. The monoisotopic (exact) mass is 1030 g/mol. The van der Waals surface area contributed by atoms with Crippen LogP contribution < -0.4 is 10.2 Å². The smallest absolute Gasteiger partial charge is 0.324 e. The number of hydrogen-bond acceptors (Lipinski definition) is 17. The highest BCUT2D eigenvalue weighted by molar-refractivity contribution is 7.91. The first-order valence-corrected chi connectivity index (χ1v) is 27.5. The summed E-state index contributed by atoms with van der Waals surface area (Å²) in [7, 11) is 1.52. The summed E-state index contributed by atoms with van der Waals surface area (Å²) in [5.74, 6) is -3.13. The first kappa shape index (κ1) is 59.3. The van der Waals surface area contributed by atoms with Gasteiger partial charge in [-0.3, -0.25) is 9.69 Å².